The summed E-state index contributed by atoms with van der Waals surface area (Å²) in [6.45, 7) is 7.35. The summed E-state index contributed by atoms with van der Waals surface area (Å²) in [4.78, 5) is 39.8. The highest BCUT2D eigenvalue weighted by molar-refractivity contribution is 6.31. The summed E-state index contributed by atoms with van der Waals surface area (Å²) < 4.78 is 6.48. The smallest absolute Gasteiger partial charge is 0.354 e. The standard InChI is InChI=1S/C21H25ClN2O4/c1-7-24(20(26)15-9-8-10-16(22)11-15)14(4)19(25)17-12(2)18(21(27)28-6)23(5)13(17)3/h8-11,14H,7H2,1-6H3/t14-/m1/s1. The van der Waals surface area contributed by atoms with Gasteiger partial charge in [-0.15, -0.1) is 0 Å². The number of hydrogen-bond acceptors (Lipinski definition) is 4. The molecule has 2 aromatic rings. The van der Waals surface area contributed by atoms with Crippen LogP contribution in [0.4, 0.5) is 0 Å². The summed E-state index contributed by atoms with van der Waals surface area (Å²) in [6.07, 6.45) is 0. The Balaban J connectivity index is 2.43. The molecule has 1 heterocycles. The van der Waals surface area contributed by atoms with Crippen molar-refractivity contribution in [3.05, 3.63) is 57.4 Å². The van der Waals surface area contributed by atoms with Crippen molar-refractivity contribution >= 4 is 29.3 Å². The van der Waals surface area contributed by atoms with Gasteiger partial charge in [0.2, 0.25) is 0 Å². The highest BCUT2D eigenvalue weighted by atomic mass is 35.5. The summed E-state index contributed by atoms with van der Waals surface area (Å²) in [5, 5.41) is 0.457. The number of rotatable bonds is 6. The van der Waals surface area contributed by atoms with E-state index in [1.54, 1.807) is 56.7 Å². The number of ketones is 1. The Bertz CT molecular complexity index is 933. The van der Waals surface area contributed by atoms with Crippen LogP contribution in [0.5, 0.6) is 0 Å². The number of hydrogen-bond donors (Lipinski definition) is 0. The summed E-state index contributed by atoms with van der Waals surface area (Å²) in [5.74, 6) is -1.000. The maximum Gasteiger partial charge on any atom is 0.354 e. The van der Waals surface area contributed by atoms with Gasteiger partial charge >= 0.3 is 5.97 Å². The number of nitrogens with zero attached hydrogens (tertiary/aromatic N) is 2. The first-order valence-electron chi connectivity index (χ1n) is 9.00. The molecule has 6 nitrogen and oxygen atoms in total. The van der Waals surface area contributed by atoms with Crippen LogP contribution in [0, 0.1) is 13.8 Å². The highest BCUT2D eigenvalue weighted by Gasteiger charge is 2.32. The van der Waals surface area contributed by atoms with E-state index in [2.05, 4.69) is 0 Å². The molecule has 0 aliphatic carbocycles. The van der Waals surface area contributed by atoms with E-state index in [1.807, 2.05) is 6.92 Å². The number of methoxy groups -OCH3 is 1. The average Bonchev–Trinajstić information content (AvgIpc) is 2.89. The topological polar surface area (TPSA) is 68.6 Å². The lowest BCUT2D eigenvalue weighted by atomic mass is 9.99. The molecule has 7 heteroatoms. The summed E-state index contributed by atoms with van der Waals surface area (Å²) in [5.41, 5.74) is 2.40. The number of halogens is 1. The van der Waals surface area contributed by atoms with Crippen molar-refractivity contribution in [3.63, 3.8) is 0 Å². The van der Waals surface area contributed by atoms with Crippen LogP contribution in [0.25, 0.3) is 0 Å². The molecule has 2 rings (SSSR count). The van der Waals surface area contributed by atoms with Gasteiger partial charge in [0.05, 0.1) is 13.2 Å². The number of aromatic nitrogens is 1. The third kappa shape index (κ3) is 3.83. The predicted molar refractivity (Wildman–Crippen MR) is 108 cm³/mol. The van der Waals surface area contributed by atoms with Crippen LogP contribution < -0.4 is 0 Å². The monoisotopic (exact) mass is 404 g/mol. The van der Waals surface area contributed by atoms with Crippen molar-refractivity contribution in [1.82, 2.24) is 9.47 Å². The van der Waals surface area contributed by atoms with E-state index in [1.165, 1.54) is 12.0 Å². The lowest BCUT2D eigenvalue weighted by molar-refractivity contribution is 0.0588. The van der Waals surface area contributed by atoms with Crippen molar-refractivity contribution in [3.8, 4) is 0 Å². The van der Waals surface area contributed by atoms with Crippen LogP contribution in [0.15, 0.2) is 24.3 Å². The normalized spacial score (nSPS) is 11.8. The largest absolute Gasteiger partial charge is 0.464 e. The Labute approximate surface area is 170 Å². The Hall–Kier alpha value is -2.60. The zero-order valence-electron chi connectivity index (χ0n) is 17.0. The first-order chi connectivity index (χ1) is 13.1. The van der Waals surface area contributed by atoms with Crippen LogP contribution in [0.2, 0.25) is 5.02 Å². The minimum absolute atomic E-state index is 0.224. The SMILES string of the molecule is CCN(C(=O)c1cccc(Cl)c1)[C@H](C)C(=O)c1c(C)c(C(=O)OC)n(C)c1C. The van der Waals surface area contributed by atoms with E-state index in [9.17, 15) is 14.4 Å². The second-order valence-corrected chi connectivity index (χ2v) is 7.06. The molecule has 0 radical (unpaired) electrons. The number of esters is 1. The van der Waals surface area contributed by atoms with Crippen molar-refractivity contribution in [2.24, 2.45) is 7.05 Å². The molecule has 1 atom stereocenters. The average molecular weight is 405 g/mol. The van der Waals surface area contributed by atoms with Gasteiger partial charge in [0.25, 0.3) is 5.91 Å². The molecule has 28 heavy (non-hydrogen) atoms. The molecule has 0 saturated heterocycles. The molecule has 0 saturated carbocycles. The highest BCUT2D eigenvalue weighted by Crippen LogP contribution is 2.25. The number of amides is 1. The van der Waals surface area contributed by atoms with Crippen molar-refractivity contribution in [1.29, 1.82) is 0 Å². The molecule has 0 spiro atoms. The van der Waals surface area contributed by atoms with E-state index in [0.717, 1.165) is 0 Å². The van der Waals surface area contributed by atoms with Crippen LogP contribution in [0.3, 0.4) is 0 Å². The second-order valence-electron chi connectivity index (χ2n) is 6.63. The fourth-order valence-electron chi connectivity index (χ4n) is 3.46. The summed E-state index contributed by atoms with van der Waals surface area (Å²) >= 11 is 6.00. The first kappa shape index (κ1) is 21.7. The minimum atomic E-state index is -0.707. The van der Waals surface area contributed by atoms with Gasteiger partial charge in [0, 0.05) is 35.4 Å². The molecule has 0 N–H and O–H groups in total. The van der Waals surface area contributed by atoms with Crippen molar-refractivity contribution in [2.45, 2.75) is 33.7 Å². The number of Topliss-reactive ketones (excluding diaryl/α,β-unsaturated/α-hetero) is 1. The number of carbonyl (C=O) groups excluding carboxylic acids is 3. The molecule has 150 valence electrons. The van der Waals surface area contributed by atoms with E-state index >= 15 is 0 Å². The summed E-state index contributed by atoms with van der Waals surface area (Å²) in [7, 11) is 3.02. The maximum absolute atomic E-state index is 13.3. The Morgan fingerprint density at radius 2 is 1.89 bits per heavy atom. The lowest BCUT2D eigenvalue weighted by Crippen LogP contribution is -2.43. The third-order valence-electron chi connectivity index (χ3n) is 5.08. The third-order valence-corrected chi connectivity index (χ3v) is 5.31. The van der Waals surface area contributed by atoms with Crippen LogP contribution in [-0.2, 0) is 11.8 Å². The number of benzene rings is 1. The molecular formula is C21H25ClN2O4. The van der Waals surface area contributed by atoms with Crippen molar-refractivity contribution < 1.29 is 19.1 Å². The van der Waals surface area contributed by atoms with Gasteiger partial charge in [0.1, 0.15) is 5.69 Å². The molecule has 1 amide bonds. The lowest BCUT2D eigenvalue weighted by Gasteiger charge is -2.27. The molecule has 0 aliphatic heterocycles. The molecule has 0 bridgehead atoms. The number of carbonyl (C=O) groups is 3. The fraction of sp³-hybridized carbons (Fsp3) is 0.381. The number of likely N-dealkylation sites (N-methyl/N-ethyl adjacent to an activating group) is 1. The molecule has 1 aromatic carbocycles. The molecule has 1 aromatic heterocycles. The molecular weight excluding hydrogens is 380 g/mol. The van der Waals surface area contributed by atoms with Crippen LogP contribution >= 0.6 is 11.6 Å². The van der Waals surface area contributed by atoms with Gasteiger partial charge < -0.3 is 14.2 Å². The van der Waals surface area contributed by atoms with Crippen LogP contribution in [0.1, 0.15) is 56.3 Å². The van der Waals surface area contributed by atoms with Crippen LogP contribution in [-0.4, -0.2) is 46.8 Å². The number of ether oxygens (including phenoxy) is 1. The van der Waals surface area contributed by atoms with E-state index < -0.39 is 12.0 Å². The Morgan fingerprint density at radius 1 is 1.25 bits per heavy atom. The molecule has 0 fully saturated rings. The fourth-order valence-corrected chi connectivity index (χ4v) is 3.65. The zero-order chi connectivity index (χ0) is 21.2. The van der Waals surface area contributed by atoms with E-state index in [0.29, 0.717) is 39.6 Å². The Kier molecular flexibility index (Phi) is 6.67. The van der Waals surface area contributed by atoms with Crippen molar-refractivity contribution in [2.75, 3.05) is 13.7 Å². The van der Waals surface area contributed by atoms with Gasteiger partial charge in [-0.25, -0.2) is 4.79 Å². The second kappa shape index (κ2) is 8.61. The van der Waals surface area contributed by atoms with E-state index in [4.69, 9.17) is 16.3 Å². The zero-order valence-corrected chi connectivity index (χ0v) is 17.8. The van der Waals surface area contributed by atoms with Gasteiger partial charge in [-0.05, 0) is 51.5 Å². The maximum atomic E-state index is 13.3. The minimum Gasteiger partial charge on any atom is -0.464 e. The van der Waals surface area contributed by atoms with Gasteiger partial charge in [-0.1, -0.05) is 17.7 Å². The van der Waals surface area contributed by atoms with Gasteiger partial charge in [-0.3, -0.25) is 9.59 Å². The molecule has 0 unspecified atom stereocenters. The van der Waals surface area contributed by atoms with Gasteiger partial charge in [0.15, 0.2) is 5.78 Å². The first-order valence-corrected chi connectivity index (χ1v) is 9.38. The molecule has 0 aliphatic rings. The predicted octanol–water partition coefficient (Wildman–Crippen LogP) is 3.82. The van der Waals surface area contributed by atoms with Gasteiger partial charge in [-0.2, -0.15) is 0 Å². The quantitative estimate of drug-likeness (QED) is 0.542. The summed E-state index contributed by atoms with van der Waals surface area (Å²) in [6, 6.07) is 5.93. The Morgan fingerprint density at radius 3 is 2.43 bits per heavy atom. The van der Waals surface area contributed by atoms with E-state index in [-0.39, 0.29) is 11.7 Å².